The summed E-state index contributed by atoms with van der Waals surface area (Å²) in [5.41, 5.74) is 5.06. The highest BCUT2D eigenvalue weighted by atomic mass is 16.3. The predicted molar refractivity (Wildman–Crippen MR) is 98.3 cm³/mol. The summed E-state index contributed by atoms with van der Waals surface area (Å²) in [5.74, 6) is -0.0551. The molecule has 128 valence electrons. The first-order valence-corrected chi connectivity index (χ1v) is 8.37. The molecule has 2 N–H and O–H groups in total. The molecule has 0 aliphatic heterocycles. The molecule has 0 atom stereocenters. The minimum absolute atomic E-state index is 0.0360. The fourth-order valence-corrected chi connectivity index (χ4v) is 2.69. The Morgan fingerprint density at radius 2 is 1.96 bits per heavy atom. The van der Waals surface area contributed by atoms with E-state index in [1.54, 1.807) is 0 Å². The fourth-order valence-electron chi connectivity index (χ4n) is 2.69. The molecular weight excluding hydrogens is 298 g/mol. The van der Waals surface area contributed by atoms with Crippen molar-refractivity contribution in [1.29, 1.82) is 0 Å². The molecule has 2 rings (SSSR count). The number of aliphatic hydroxyl groups is 1. The first-order valence-electron chi connectivity index (χ1n) is 8.37. The Labute approximate surface area is 144 Å². The van der Waals surface area contributed by atoms with Crippen LogP contribution in [0.1, 0.15) is 43.9 Å². The predicted octanol–water partition coefficient (Wildman–Crippen LogP) is 3.96. The summed E-state index contributed by atoms with van der Waals surface area (Å²) < 4.78 is 0. The molecule has 0 spiro atoms. The zero-order valence-corrected chi connectivity index (χ0v) is 15.0. The van der Waals surface area contributed by atoms with Gasteiger partial charge in [0.25, 0.3) is 5.91 Å². The normalized spacial score (nSPS) is 14.7. The van der Waals surface area contributed by atoms with Gasteiger partial charge in [-0.3, -0.25) is 4.79 Å². The summed E-state index contributed by atoms with van der Waals surface area (Å²) in [6.07, 6.45) is 8.86. The zero-order valence-electron chi connectivity index (χ0n) is 15.0. The highest BCUT2D eigenvalue weighted by Crippen LogP contribution is 2.28. The number of benzene rings is 1. The van der Waals surface area contributed by atoms with Gasteiger partial charge in [0.05, 0.1) is 6.61 Å². The Balaban J connectivity index is 2.00. The van der Waals surface area contributed by atoms with Crippen molar-refractivity contribution in [1.82, 2.24) is 5.32 Å². The molecule has 1 aromatic rings. The number of carbonyl (C=O) groups excluding carboxylic acids is 1. The van der Waals surface area contributed by atoms with Crippen molar-refractivity contribution in [2.24, 2.45) is 5.41 Å². The van der Waals surface area contributed by atoms with Crippen molar-refractivity contribution in [3.05, 3.63) is 70.3 Å². The zero-order chi connectivity index (χ0) is 17.7. The number of aryl methyl sites for hydroxylation is 1. The summed E-state index contributed by atoms with van der Waals surface area (Å²) in [7, 11) is 0. The van der Waals surface area contributed by atoms with E-state index in [1.165, 1.54) is 5.57 Å². The summed E-state index contributed by atoms with van der Waals surface area (Å²) in [4.78, 5) is 12.4. The third-order valence-corrected chi connectivity index (χ3v) is 4.28. The largest absolute Gasteiger partial charge is 0.392 e. The molecule has 0 radical (unpaired) electrons. The van der Waals surface area contributed by atoms with Crippen molar-refractivity contribution >= 4 is 5.91 Å². The minimum atomic E-state index is -0.0551. The Kier molecular flexibility index (Phi) is 5.79. The van der Waals surface area contributed by atoms with Crippen LogP contribution in [0.4, 0.5) is 0 Å². The first kappa shape index (κ1) is 18.2. The minimum Gasteiger partial charge on any atom is -0.392 e. The van der Waals surface area contributed by atoms with Crippen molar-refractivity contribution in [2.75, 3.05) is 0 Å². The molecule has 3 nitrogen and oxygen atoms in total. The molecule has 1 amide bonds. The smallest absolute Gasteiger partial charge is 0.251 e. The first-order chi connectivity index (χ1) is 11.3. The average Bonchev–Trinajstić information content (AvgIpc) is 2.79. The van der Waals surface area contributed by atoms with E-state index in [9.17, 15) is 4.79 Å². The van der Waals surface area contributed by atoms with E-state index < -0.39 is 0 Å². The van der Waals surface area contributed by atoms with E-state index in [-0.39, 0.29) is 17.9 Å². The molecule has 0 aromatic heterocycles. The van der Waals surface area contributed by atoms with E-state index in [0.29, 0.717) is 12.1 Å². The van der Waals surface area contributed by atoms with E-state index >= 15 is 0 Å². The summed E-state index contributed by atoms with van der Waals surface area (Å²) in [5, 5.41) is 12.1. The molecule has 0 saturated heterocycles. The van der Waals surface area contributed by atoms with Crippen LogP contribution in [0.5, 0.6) is 0 Å². The third kappa shape index (κ3) is 4.68. The number of amides is 1. The van der Waals surface area contributed by atoms with Gasteiger partial charge in [-0.15, -0.1) is 0 Å². The van der Waals surface area contributed by atoms with E-state index in [1.807, 2.05) is 43.4 Å². The quantitative estimate of drug-likeness (QED) is 0.880. The van der Waals surface area contributed by atoms with Crippen LogP contribution in [0.3, 0.4) is 0 Å². The fraction of sp³-hybridized carbons (Fsp3) is 0.381. The molecule has 0 saturated carbocycles. The molecule has 1 aliphatic rings. The Morgan fingerprint density at radius 1 is 1.21 bits per heavy atom. The van der Waals surface area contributed by atoms with Crippen LogP contribution in [0.15, 0.2) is 53.6 Å². The molecule has 0 heterocycles. The highest BCUT2D eigenvalue weighted by Gasteiger charge is 2.16. The number of rotatable bonds is 4. The van der Waals surface area contributed by atoms with Gasteiger partial charge < -0.3 is 10.4 Å². The van der Waals surface area contributed by atoms with Gasteiger partial charge in [-0.1, -0.05) is 57.2 Å². The lowest BCUT2D eigenvalue weighted by Crippen LogP contribution is -2.24. The Morgan fingerprint density at radius 3 is 2.58 bits per heavy atom. The highest BCUT2D eigenvalue weighted by molar-refractivity contribution is 5.96. The van der Waals surface area contributed by atoms with Crippen molar-refractivity contribution in [3.8, 4) is 0 Å². The second kappa shape index (κ2) is 7.63. The molecule has 0 unspecified atom stereocenters. The number of aliphatic hydroxyl groups excluding tert-OH is 1. The van der Waals surface area contributed by atoms with Crippen LogP contribution in [-0.4, -0.2) is 11.0 Å². The van der Waals surface area contributed by atoms with Crippen molar-refractivity contribution in [3.63, 3.8) is 0 Å². The van der Waals surface area contributed by atoms with Crippen LogP contribution in [-0.2, 0) is 17.9 Å². The second-order valence-electron chi connectivity index (χ2n) is 7.24. The topological polar surface area (TPSA) is 49.3 Å². The van der Waals surface area contributed by atoms with Gasteiger partial charge in [-0.05, 0) is 47.1 Å². The lowest BCUT2D eigenvalue weighted by molar-refractivity contribution is -0.117. The van der Waals surface area contributed by atoms with Gasteiger partial charge in [0.2, 0.25) is 0 Å². The summed E-state index contributed by atoms with van der Waals surface area (Å²) >= 11 is 0. The maximum atomic E-state index is 12.4. The van der Waals surface area contributed by atoms with E-state index in [0.717, 1.165) is 23.1 Å². The Hall–Kier alpha value is -2.13. The standard InChI is InChI=1S/C21H27NO2/c1-15-12-16(14-23)8-9-18(15)13-22-20(24)17-6-5-7-19(11-10-17)21(2,3)4/h6-12,23H,5,13-14H2,1-4H3,(H,22,24). The maximum absolute atomic E-state index is 12.4. The van der Waals surface area contributed by atoms with Gasteiger partial charge in [-0.25, -0.2) is 0 Å². The number of hydrogen-bond acceptors (Lipinski definition) is 2. The molecular formula is C21H27NO2. The lowest BCUT2D eigenvalue weighted by atomic mass is 9.86. The van der Waals surface area contributed by atoms with Gasteiger partial charge in [0.1, 0.15) is 0 Å². The monoisotopic (exact) mass is 325 g/mol. The van der Waals surface area contributed by atoms with Crippen LogP contribution in [0.2, 0.25) is 0 Å². The van der Waals surface area contributed by atoms with Crippen LogP contribution in [0, 0.1) is 12.3 Å². The number of carbonyl (C=O) groups is 1. The average molecular weight is 325 g/mol. The summed E-state index contributed by atoms with van der Waals surface area (Å²) in [6.45, 7) is 9.04. The maximum Gasteiger partial charge on any atom is 0.251 e. The third-order valence-electron chi connectivity index (χ3n) is 4.28. The molecule has 3 heteroatoms. The molecule has 0 fully saturated rings. The molecule has 1 aromatic carbocycles. The molecule has 24 heavy (non-hydrogen) atoms. The van der Waals surface area contributed by atoms with Crippen molar-refractivity contribution < 1.29 is 9.90 Å². The van der Waals surface area contributed by atoms with Crippen LogP contribution < -0.4 is 5.32 Å². The van der Waals surface area contributed by atoms with Crippen LogP contribution >= 0.6 is 0 Å². The summed E-state index contributed by atoms with van der Waals surface area (Å²) in [6, 6.07) is 5.79. The number of nitrogens with one attached hydrogen (secondary N) is 1. The van der Waals surface area contributed by atoms with Crippen LogP contribution in [0.25, 0.3) is 0 Å². The van der Waals surface area contributed by atoms with E-state index in [2.05, 4.69) is 32.2 Å². The van der Waals surface area contributed by atoms with Crippen molar-refractivity contribution in [2.45, 2.75) is 47.3 Å². The number of hydrogen-bond donors (Lipinski definition) is 2. The number of allylic oxidation sites excluding steroid dienone is 4. The van der Waals surface area contributed by atoms with E-state index in [4.69, 9.17) is 5.11 Å². The van der Waals surface area contributed by atoms with Gasteiger partial charge in [-0.2, -0.15) is 0 Å². The Bertz CT molecular complexity index is 703. The van der Waals surface area contributed by atoms with Gasteiger partial charge in [0.15, 0.2) is 0 Å². The molecule has 1 aliphatic carbocycles. The SMILES string of the molecule is Cc1cc(CO)ccc1CNC(=O)C1=CCC=C(C(C)(C)C)C=C1. The molecule has 0 bridgehead atoms. The lowest BCUT2D eigenvalue weighted by Gasteiger charge is -2.19. The van der Waals surface area contributed by atoms with Gasteiger partial charge in [0, 0.05) is 12.1 Å². The second-order valence-corrected chi connectivity index (χ2v) is 7.24. The van der Waals surface area contributed by atoms with Gasteiger partial charge >= 0.3 is 0 Å².